The summed E-state index contributed by atoms with van der Waals surface area (Å²) in [6.07, 6.45) is 4.85. The van der Waals surface area contributed by atoms with E-state index in [1.165, 1.54) is 17.5 Å². The normalized spacial score (nSPS) is 17.5. The van der Waals surface area contributed by atoms with Crippen LogP contribution in [-0.4, -0.2) is 24.3 Å². The van der Waals surface area contributed by atoms with Gasteiger partial charge in [0.1, 0.15) is 0 Å². The fraction of sp³-hybridized carbons (Fsp3) is 0.400. The Morgan fingerprint density at radius 1 is 1.10 bits per heavy atom. The molecule has 1 aliphatic carbocycles. The summed E-state index contributed by atoms with van der Waals surface area (Å²) in [6, 6.07) is 13.7. The summed E-state index contributed by atoms with van der Waals surface area (Å²) in [5.74, 6) is -0.482. The fourth-order valence-corrected chi connectivity index (χ4v) is 4.40. The van der Waals surface area contributed by atoms with E-state index >= 15 is 0 Å². The van der Waals surface area contributed by atoms with Gasteiger partial charge in [0.15, 0.2) is 0 Å². The van der Waals surface area contributed by atoms with E-state index in [1.807, 2.05) is 37.3 Å². The highest BCUT2D eigenvalue weighted by Crippen LogP contribution is 2.30. The summed E-state index contributed by atoms with van der Waals surface area (Å²) in [6.45, 7) is 2.74. The first-order valence-corrected chi connectivity index (χ1v) is 11.1. The lowest BCUT2D eigenvalue weighted by Gasteiger charge is -2.18. The summed E-state index contributed by atoms with van der Waals surface area (Å²) < 4.78 is 0. The topological polar surface area (TPSA) is 78.5 Å². The SMILES string of the molecule is CCCC(=O)Nc1cccc(CNC(=O)[C@H]2CC(=O)N(c3ccc4c(c3)CCC4)C2)c1. The third-order valence-corrected chi connectivity index (χ3v) is 6.04. The molecule has 2 aliphatic rings. The molecule has 0 bridgehead atoms. The number of carbonyl (C=O) groups is 3. The molecule has 4 rings (SSSR count). The van der Waals surface area contributed by atoms with Crippen molar-refractivity contribution < 1.29 is 14.4 Å². The van der Waals surface area contributed by atoms with E-state index in [2.05, 4.69) is 22.8 Å². The van der Waals surface area contributed by atoms with Crippen LogP contribution in [0.5, 0.6) is 0 Å². The number of rotatable bonds is 7. The predicted octanol–water partition coefficient (Wildman–Crippen LogP) is 3.58. The van der Waals surface area contributed by atoms with Gasteiger partial charge in [-0.05, 0) is 66.6 Å². The summed E-state index contributed by atoms with van der Waals surface area (Å²) >= 11 is 0. The van der Waals surface area contributed by atoms with Crippen molar-refractivity contribution >= 4 is 29.1 Å². The van der Waals surface area contributed by atoms with Gasteiger partial charge >= 0.3 is 0 Å². The Labute approximate surface area is 183 Å². The molecule has 2 aromatic carbocycles. The van der Waals surface area contributed by atoms with Crippen molar-refractivity contribution in [1.82, 2.24) is 5.32 Å². The first-order chi connectivity index (χ1) is 15.0. The van der Waals surface area contributed by atoms with Gasteiger partial charge in [0.25, 0.3) is 0 Å². The van der Waals surface area contributed by atoms with Crippen LogP contribution in [0.2, 0.25) is 0 Å². The van der Waals surface area contributed by atoms with Crippen LogP contribution in [-0.2, 0) is 33.8 Å². The molecule has 0 unspecified atom stereocenters. The number of aryl methyl sites for hydroxylation is 2. The number of anilines is 2. The molecule has 0 radical (unpaired) electrons. The second kappa shape index (κ2) is 9.33. The van der Waals surface area contributed by atoms with Gasteiger partial charge in [0.05, 0.1) is 5.92 Å². The second-order valence-corrected chi connectivity index (χ2v) is 8.43. The molecular weight excluding hydrogens is 390 g/mol. The van der Waals surface area contributed by atoms with Crippen molar-refractivity contribution in [2.75, 3.05) is 16.8 Å². The average Bonchev–Trinajstić information content (AvgIpc) is 3.38. The Kier molecular flexibility index (Phi) is 6.35. The molecule has 2 aromatic rings. The van der Waals surface area contributed by atoms with E-state index in [-0.39, 0.29) is 30.1 Å². The van der Waals surface area contributed by atoms with E-state index in [9.17, 15) is 14.4 Å². The molecule has 1 fully saturated rings. The van der Waals surface area contributed by atoms with Crippen LogP contribution in [0.15, 0.2) is 42.5 Å². The van der Waals surface area contributed by atoms with Crippen molar-refractivity contribution in [1.29, 1.82) is 0 Å². The number of hydrogen-bond acceptors (Lipinski definition) is 3. The summed E-state index contributed by atoms with van der Waals surface area (Å²) in [5, 5.41) is 5.82. The van der Waals surface area contributed by atoms with Gasteiger partial charge in [-0.3, -0.25) is 14.4 Å². The van der Waals surface area contributed by atoms with Crippen LogP contribution in [0, 0.1) is 5.92 Å². The zero-order valence-corrected chi connectivity index (χ0v) is 17.9. The Hall–Kier alpha value is -3.15. The molecule has 162 valence electrons. The van der Waals surface area contributed by atoms with Gasteiger partial charge in [-0.2, -0.15) is 0 Å². The monoisotopic (exact) mass is 419 g/mol. The van der Waals surface area contributed by atoms with Gasteiger partial charge < -0.3 is 15.5 Å². The van der Waals surface area contributed by atoms with Crippen molar-refractivity contribution in [2.45, 2.75) is 52.0 Å². The number of benzene rings is 2. The molecule has 1 aliphatic heterocycles. The Morgan fingerprint density at radius 2 is 1.94 bits per heavy atom. The largest absolute Gasteiger partial charge is 0.352 e. The molecule has 3 amide bonds. The van der Waals surface area contributed by atoms with E-state index in [0.29, 0.717) is 19.5 Å². The Morgan fingerprint density at radius 3 is 2.77 bits per heavy atom. The molecule has 6 nitrogen and oxygen atoms in total. The predicted molar refractivity (Wildman–Crippen MR) is 121 cm³/mol. The number of nitrogens with zero attached hydrogens (tertiary/aromatic N) is 1. The maximum Gasteiger partial charge on any atom is 0.227 e. The van der Waals surface area contributed by atoms with Crippen LogP contribution in [0.3, 0.4) is 0 Å². The number of hydrogen-bond donors (Lipinski definition) is 2. The van der Waals surface area contributed by atoms with Crippen molar-refractivity contribution in [2.24, 2.45) is 5.92 Å². The molecule has 1 atom stereocenters. The quantitative estimate of drug-likeness (QED) is 0.720. The maximum absolute atomic E-state index is 12.7. The Bertz CT molecular complexity index is 1000. The first-order valence-electron chi connectivity index (χ1n) is 11.1. The molecule has 0 aromatic heterocycles. The standard InChI is InChI=1S/C25H29N3O3/c1-2-5-23(29)27-21-9-3-6-17(12-21)15-26-25(31)20-14-24(30)28(16-20)22-11-10-18-7-4-8-19(18)13-22/h3,6,9-13,20H,2,4-5,7-8,14-16H2,1H3,(H,26,31)(H,27,29)/t20-/m0/s1. The van der Waals surface area contributed by atoms with Gasteiger partial charge in [0.2, 0.25) is 17.7 Å². The lowest BCUT2D eigenvalue weighted by atomic mass is 10.1. The van der Waals surface area contributed by atoms with Crippen LogP contribution < -0.4 is 15.5 Å². The molecule has 2 N–H and O–H groups in total. The number of amides is 3. The molecule has 0 saturated carbocycles. The Balaban J connectivity index is 1.33. The van der Waals surface area contributed by atoms with Gasteiger partial charge in [-0.25, -0.2) is 0 Å². The fourth-order valence-electron chi connectivity index (χ4n) is 4.40. The first kappa shape index (κ1) is 21.1. The zero-order chi connectivity index (χ0) is 21.8. The molecule has 0 spiro atoms. The number of fused-ring (bicyclic) bond motifs is 1. The van der Waals surface area contributed by atoms with E-state index in [0.717, 1.165) is 36.2 Å². The minimum Gasteiger partial charge on any atom is -0.352 e. The molecule has 1 heterocycles. The second-order valence-electron chi connectivity index (χ2n) is 8.43. The molecular formula is C25H29N3O3. The smallest absolute Gasteiger partial charge is 0.227 e. The highest BCUT2D eigenvalue weighted by Gasteiger charge is 2.35. The van der Waals surface area contributed by atoms with Crippen molar-refractivity contribution in [3.05, 3.63) is 59.2 Å². The summed E-state index contributed by atoms with van der Waals surface area (Å²) in [5.41, 5.74) is 5.23. The van der Waals surface area contributed by atoms with Crippen LogP contribution in [0.4, 0.5) is 11.4 Å². The third-order valence-electron chi connectivity index (χ3n) is 6.04. The van der Waals surface area contributed by atoms with Gasteiger partial charge in [-0.15, -0.1) is 0 Å². The highest BCUT2D eigenvalue weighted by atomic mass is 16.2. The minimum absolute atomic E-state index is 0.00118. The van der Waals surface area contributed by atoms with Crippen molar-refractivity contribution in [3.63, 3.8) is 0 Å². The third kappa shape index (κ3) is 4.95. The van der Waals surface area contributed by atoms with Crippen LogP contribution in [0.25, 0.3) is 0 Å². The molecule has 1 saturated heterocycles. The van der Waals surface area contributed by atoms with Crippen LogP contribution >= 0.6 is 0 Å². The van der Waals surface area contributed by atoms with E-state index in [1.54, 1.807) is 4.90 Å². The lowest BCUT2D eigenvalue weighted by Crippen LogP contribution is -2.32. The number of nitrogens with one attached hydrogen (secondary N) is 2. The average molecular weight is 420 g/mol. The summed E-state index contributed by atoms with van der Waals surface area (Å²) in [4.78, 5) is 38.8. The number of carbonyl (C=O) groups excluding carboxylic acids is 3. The van der Waals surface area contributed by atoms with E-state index in [4.69, 9.17) is 0 Å². The van der Waals surface area contributed by atoms with Gasteiger partial charge in [-0.1, -0.05) is 25.1 Å². The van der Waals surface area contributed by atoms with Crippen molar-refractivity contribution in [3.8, 4) is 0 Å². The van der Waals surface area contributed by atoms with E-state index < -0.39 is 0 Å². The maximum atomic E-state index is 12.7. The summed E-state index contributed by atoms with van der Waals surface area (Å²) in [7, 11) is 0. The minimum atomic E-state index is -0.354. The van der Waals surface area contributed by atoms with Crippen LogP contribution in [0.1, 0.15) is 49.3 Å². The highest BCUT2D eigenvalue weighted by molar-refractivity contribution is 6.00. The van der Waals surface area contributed by atoms with Gasteiger partial charge in [0, 0.05) is 37.3 Å². The zero-order valence-electron chi connectivity index (χ0n) is 17.9. The molecule has 6 heteroatoms. The lowest BCUT2D eigenvalue weighted by molar-refractivity contribution is -0.126. The molecule has 31 heavy (non-hydrogen) atoms.